The number of hydrogen-bond acceptors (Lipinski definition) is 4. The minimum Gasteiger partial charge on any atom is -0.493 e. The highest BCUT2D eigenvalue weighted by atomic mass is 32.2. The van der Waals surface area contributed by atoms with Crippen molar-refractivity contribution < 1.29 is 17.9 Å². The minimum atomic E-state index is -3.55. The maximum atomic E-state index is 12.5. The molecule has 2 rings (SSSR count). The highest BCUT2D eigenvalue weighted by molar-refractivity contribution is 7.89. The quantitative estimate of drug-likeness (QED) is 0.682. The molecule has 0 aliphatic rings. The van der Waals surface area contributed by atoms with E-state index in [9.17, 15) is 13.2 Å². The first-order valence-electron chi connectivity index (χ1n) is 9.04. The molecule has 2 aromatic carbocycles. The summed E-state index contributed by atoms with van der Waals surface area (Å²) in [6, 6.07) is 13.4. The fourth-order valence-electron chi connectivity index (χ4n) is 2.41. The SMILES string of the molecule is CCOc1ccccc1/C=C/C(=O)Nc1ccc(S(=O)(=O)N(C)C(C)C)cc1. The van der Waals surface area contributed by atoms with Crippen LogP contribution in [0.2, 0.25) is 0 Å². The third-order valence-electron chi connectivity index (χ3n) is 4.16. The van der Waals surface area contributed by atoms with Crippen molar-refractivity contribution in [3.8, 4) is 5.75 Å². The summed E-state index contributed by atoms with van der Waals surface area (Å²) in [7, 11) is -2.01. The number of carbonyl (C=O) groups is 1. The lowest BCUT2D eigenvalue weighted by Gasteiger charge is -2.21. The maximum absolute atomic E-state index is 12.5. The number of rotatable bonds is 8. The Hall–Kier alpha value is -2.64. The number of hydrogen-bond donors (Lipinski definition) is 1. The molecule has 1 amide bonds. The standard InChI is InChI=1S/C21H26N2O4S/c1-5-27-20-9-7-6-8-17(20)10-15-21(24)22-18-11-13-19(14-12-18)28(25,26)23(4)16(2)3/h6-16H,5H2,1-4H3,(H,22,24)/b15-10+. The summed E-state index contributed by atoms with van der Waals surface area (Å²) in [6.07, 6.45) is 3.09. The predicted octanol–water partition coefficient (Wildman–Crippen LogP) is 3.77. The van der Waals surface area contributed by atoms with Gasteiger partial charge in [0.2, 0.25) is 15.9 Å². The molecule has 0 spiro atoms. The summed E-state index contributed by atoms with van der Waals surface area (Å²) >= 11 is 0. The van der Waals surface area contributed by atoms with Gasteiger partial charge < -0.3 is 10.1 Å². The molecule has 7 heteroatoms. The van der Waals surface area contributed by atoms with Gasteiger partial charge in [-0.15, -0.1) is 0 Å². The van der Waals surface area contributed by atoms with Crippen molar-refractivity contribution in [1.29, 1.82) is 0 Å². The smallest absolute Gasteiger partial charge is 0.248 e. The highest BCUT2D eigenvalue weighted by Crippen LogP contribution is 2.20. The average molecular weight is 403 g/mol. The topological polar surface area (TPSA) is 75.7 Å². The maximum Gasteiger partial charge on any atom is 0.248 e. The van der Waals surface area contributed by atoms with Crippen molar-refractivity contribution in [2.75, 3.05) is 19.0 Å². The largest absolute Gasteiger partial charge is 0.493 e. The van der Waals surface area contributed by atoms with Crippen LogP contribution in [0.25, 0.3) is 6.08 Å². The summed E-state index contributed by atoms with van der Waals surface area (Å²) in [5.74, 6) is 0.388. The van der Waals surface area contributed by atoms with Crippen molar-refractivity contribution in [2.24, 2.45) is 0 Å². The van der Waals surface area contributed by atoms with Crippen LogP contribution in [0.15, 0.2) is 59.5 Å². The Bertz CT molecular complexity index is 935. The second kappa shape index (κ2) is 9.52. The lowest BCUT2D eigenvalue weighted by atomic mass is 10.2. The Balaban J connectivity index is 2.07. The Morgan fingerprint density at radius 3 is 2.39 bits per heavy atom. The molecule has 2 aromatic rings. The molecule has 0 aromatic heterocycles. The van der Waals surface area contributed by atoms with Crippen LogP contribution in [-0.2, 0) is 14.8 Å². The molecule has 1 N–H and O–H groups in total. The van der Waals surface area contributed by atoms with Crippen LogP contribution in [0.1, 0.15) is 26.3 Å². The van der Waals surface area contributed by atoms with Gasteiger partial charge in [-0.25, -0.2) is 8.42 Å². The van der Waals surface area contributed by atoms with E-state index in [-0.39, 0.29) is 16.8 Å². The number of anilines is 1. The van der Waals surface area contributed by atoms with Crippen molar-refractivity contribution in [2.45, 2.75) is 31.7 Å². The Morgan fingerprint density at radius 1 is 1.14 bits per heavy atom. The second-order valence-electron chi connectivity index (χ2n) is 6.43. The summed E-state index contributed by atoms with van der Waals surface area (Å²) in [4.78, 5) is 12.4. The Kier molecular flexibility index (Phi) is 7.37. The van der Waals surface area contributed by atoms with Gasteiger partial charge in [0.1, 0.15) is 5.75 Å². The van der Waals surface area contributed by atoms with Gasteiger partial charge in [-0.3, -0.25) is 4.79 Å². The van der Waals surface area contributed by atoms with Gasteiger partial charge in [-0.05, 0) is 57.2 Å². The summed E-state index contributed by atoms with van der Waals surface area (Å²) < 4.78 is 31.8. The number of nitrogens with one attached hydrogen (secondary N) is 1. The predicted molar refractivity (Wildman–Crippen MR) is 112 cm³/mol. The molecule has 0 saturated heterocycles. The van der Waals surface area contributed by atoms with E-state index in [1.54, 1.807) is 25.3 Å². The summed E-state index contributed by atoms with van der Waals surface area (Å²) in [5, 5.41) is 2.72. The Labute approximate surface area is 166 Å². The lowest BCUT2D eigenvalue weighted by Crippen LogP contribution is -2.33. The normalized spacial score (nSPS) is 11.9. The molecule has 150 valence electrons. The van der Waals surface area contributed by atoms with Gasteiger partial charge in [0.05, 0.1) is 11.5 Å². The van der Waals surface area contributed by atoms with E-state index in [0.29, 0.717) is 18.0 Å². The first kappa shape index (κ1) is 21.7. The fourth-order valence-corrected chi connectivity index (χ4v) is 3.78. The minimum absolute atomic E-state index is 0.144. The number of para-hydroxylation sites is 1. The van der Waals surface area contributed by atoms with Crippen molar-refractivity contribution in [3.63, 3.8) is 0 Å². The van der Waals surface area contributed by atoms with Crippen LogP contribution in [0.4, 0.5) is 5.69 Å². The average Bonchev–Trinajstić information content (AvgIpc) is 2.67. The molecule has 0 fully saturated rings. The zero-order chi connectivity index (χ0) is 20.7. The fraction of sp³-hybridized carbons (Fsp3) is 0.286. The molecule has 0 aliphatic carbocycles. The number of carbonyl (C=O) groups excluding carboxylic acids is 1. The molecule has 0 saturated carbocycles. The molecule has 0 bridgehead atoms. The van der Waals surface area contributed by atoms with Gasteiger partial charge in [-0.1, -0.05) is 18.2 Å². The second-order valence-corrected chi connectivity index (χ2v) is 8.43. The highest BCUT2D eigenvalue weighted by Gasteiger charge is 2.22. The van der Waals surface area contributed by atoms with Gasteiger partial charge in [-0.2, -0.15) is 4.31 Å². The Morgan fingerprint density at radius 2 is 1.79 bits per heavy atom. The van der Waals surface area contributed by atoms with Gasteiger partial charge in [0, 0.05) is 30.4 Å². The third-order valence-corrected chi connectivity index (χ3v) is 6.21. The van der Waals surface area contributed by atoms with E-state index in [0.717, 1.165) is 5.56 Å². The molecular weight excluding hydrogens is 376 g/mol. The number of benzene rings is 2. The van der Waals surface area contributed by atoms with Crippen molar-refractivity contribution >= 4 is 27.7 Å². The molecule has 0 heterocycles. The van der Waals surface area contributed by atoms with Crippen LogP contribution in [-0.4, -0.2) is 38.3 Å². The van der Waals surface area contributed by atoms with Gasteiger partial charge >= 0.3 is 0 Å². The molecular formula is C21H26N2O4S. The summed E-state index contributed by atoms with van der Waals surface area (Å²) in [5.41, 5.74) is 1.32. The number of nitrogens with zero attached hydrogens (tertiary/aromatic N) is 1. The van der Waals surface area contributed by atoms with E-state index in [2.05, 4.69) is 5.32 Å². The molecule has 0 radical (unpaired) electrons. The molecule has 6 nitrogen and oxygen atoms in total. The number of ether oxygens (including phenoxy) is 1. The van der Waals surface area contributed by atoms with Crippen LogP contribution >= 0.6 is 0 Å². The first-order valence-corrected chi connectivity index (χ1v) is 10.5. The first-order chi connectivity index (χ1) is 13.3. The zero-order valence-corrected chi connectivity index (χ0v) is 17.4. The van der Waals surface area contributed by atoms with Crippen LogP contribution in [0.5, 0.6) is 5.75 Å². The third kappa shape index (κ3) is 5.43. The van der Waals surface area contributed by atoms with Crippen molar-refractivity contribution in [1.82, 2.24) is 4.31 Å². The number of sulfonamides is 1. The van der Waals surface area contributed by atoms with E-state index in [1.165, 1.54) is 22.5 Å². The molecule has 28 heavy (non-hydrogen) atoms. The monoisotopic (exact) mass is 402 g/mol. The van der Waals surface area contributed by atoms with Crippen LogP contribution in [0.3, 0.4) is 0 Å². The van der Waals surface area contributed by atoms with E-state index >= 15 is 0 Å². The van der Waals surface area contributed by atoms with E-state index in [4.69, 9.17) is 4.74 Å². The van der Waals surface area contributed by atoms with Crippen LogP contribution < -0.4 is 10.1 Å². The van der Waals surface area contributed by atoms with Gasteiger partial charge in [0.25, 0.3) is 0 Å². The summed E-state index contributed by atoms with van der Waals surface area (Å²) in [6.45, 7) is 6.05. The molecule has 0 atom stereocenters. The molecule has 0 aliphatic heterocycles. The zero-order valence-electron chi connectivity index (χ0n) is 16.5. The van der Waals surface area contributed by atoms with E-state index < -0.39 is 10.0 Å². The van der Waals surface area contributed by atoms with Crippen molar-refractivity contribution in [3.05, 3.63) is 60.2 Å². The molecule has 0 unspecified atom stereocenters. The van der Waals surface area contributed by atoms with Crippen LogP contribution in [0, 0.1) is 0 Å². The number of amides is 1. The van der Waals surface area contributed by atoms with Gasteiger partial charge in [0.15, 0.2) is 0 Å². The van der Waals surface area contributed by atoms with E-state index in [1.807, 2.05) is 45.0 Å². The lowest BCUT2D eigenvalue weighted by molar-refractivity contribution is -0.111.